The average molecular weight is 409 g/mol. The fourth-order valence-corrected chi connectivity index (χ4v) is 4.01. The molecule has 4 nitrogen and oxygen atoms in total. The third-order valence-electron chi connectivity index (χ3n) is 3.77. The first kappa shape index (κ1) is 19.0. The van der Waals surface area contributed by atoms with Crippen molar-refractivity contribution in [1.82, 2.24) is 4.98 Å². The lowest BCUT2D eigenvalue weighted by Crippen LogP contribution is -2.11. The third kappa shape index (κ3) is 4.67. The van der Waals surface area contributed by atoms with E-state index in [1.54, 1.807) is 36.4 Å². The number of carbonyl (C=O) groups excluding carboxylic acids is 1. The Labute approximate surface area is 166 Å². The normalized spacial score (nSPS) is 10.9. The summed E-state index contributed by atoms with van der Waals surface area (Å²) in [5.74, 6) is 0.530. The molecule has 0 saturated heterocycles. The number of nitrogens with one attached hydrogen (secondary N) is 1. The van der Waals surface area contributed by atoms with Gasteiger partial charge in [-0.1, -0.05) is 54.3 Å². The molecule has 0 radical (unpaired) electrons. The van der Waals surface area contributed by atoms with E-state index in [0.29, 0.717) is 32.9 Å². The SMILES string of the molecule is CCCCCOc1ccc(C(=O)Nc2nc3c(Cl)cc(Cl)cc3s2)cc1. The van der Waals surface area contributed by atoms with Crippen LogP contribution < -0.4 is 10.1 Å². The number of anilines is 1. The lowest BCUT2D eigenvalue weighted by Gasteiger charge is -2.06. The number of hydrogen-bond acceptors (Lipinski definition) is 4. The number of ether oxygens (including phenoxy) is 1. The molecule has 0 aliphatic heterocycles. The molecule has 0 fully saturated rings. The van der Waals surface area contributed by atoms with Gasteiger partial charge in [-0.2, -0.15) is 0 Å². The second-order valence-corrected chi connectivity index (χ2v) is 7.66. The van der Waals surface area contributed by atoms with Gasteiger partial charge in [-0.05, 0) is 42.8 Å². The molecular weight excluding hydrogens is 391 g/mol. The van der Waals surface area contributed by atoms with Crippen molar-refractivity contribution in [3.8, 4) is 5.75 Å². The Bertz CT molecular complexity index is 910. The topological polar surface area (TPSA) is 51.2 Å². The molecule has 1 N–H and O–H groups in total. The fraction of sp³-hybridized carbons (Fsp3) is 0.263. The van der Waals surface area contributed by atoms with Crippen molar-refractivity contribution < 1.29 is 9.53 Å². The lowest BCUT2D eigenvalue weighted by molar-refractivity contribution is 0.102. The molecule has 0 saturated carbocycles. The summed E-state index contributed by atoms with van der Waals surface area (Å²) in [6, 6.07) is 10.5. The highest BCUT2D eigenvalue weighted by Gasteiger charge is 2.12. The van der Waals surface area contributed by atoms with E-state index >= 15 is 0 Å². The maximum absolute atomic E-state index is 12.4. The number of nitrogens with zero attached hydrogens (tertiary/aromatic N) is 1. The minimum absolute atomic E-state index is 0.233. The van der Waals surface area contributed by atoms with Gasteiger partial charge in [0.1, 0.15) is 11.3 Å². The molecule has 136 valence electrons. The molecule has 0 atom stereocenters. The van der Waals surface area contributed by atoms with Gasteiger partial charge in [0.2, 0.25) is 0 Å². The van der Waals surface area contributed by atoms with Gasteiger partial charge < -0.3 is 4.74 Å². The monoisotopic (exact) mass is 408 g/mol. The number of amides is 1. The summed E-state index contributed by atoms with van der Waals surface area (Å²) < 4.78 is 6.48. The smallest absolute Gasteiger partial charge is 0.257 e. The summed E-state index contributed by atoms with van der Waals surface area (Å²) in [7, 11) is 0. The third-order valence-corrected chi connectivity index (χ3v) is 5.19. The van der Waals surface area contributed by atoms with E-state index in [2.05, 4.69) is 17.2 Å². The average Bonchev–Trinajstić information content (AvgIpc) is 3.02. The quantitative estimate of drug-likeness (QED) is 0.458. The zero-order chi connectivity index (χ0) is 18.5. The van der Waals surface area contributed by atoms with E-state index in [0.717, 1.165) is 29.7 Å². The van der Waals surface area contributed by atoms with Crippen LogP contribution in [-0.4, -0.2) is 17.5 Å². The van der Waals surface area contributed by atoms with Crippen LogP contribution in [0.5, 0.6) is 5.75 Å². The predicted octanol–water partition coefficient (Wildman–Crippen LogP) is 6.42. The summed E-state index contributed by atoms with van der Waals surface area (Å²) in [4.78, 5) is 16.8. The number of thiazole rings is 1. The zero-order valence-corrected chi connectivity index (χ0v) is 16.5. The molecule has 3 aromatic rings. The number of unbranched alkanes of at least 4 members (excludes halogenated alkanes) is 2. The van der Waals surface area contributed by atoms with Crippen molar-refractivity contribution >= 4 is 55.8 Å². The first-order chi connectivity index (χ1) is 12.6. The molecule has 0 aliphatic rings. The van der Waals surface area contributed by atoms with E-state index in [9.17, 15) is 4.79 Å². The molecular formula is C19H18Cl2N2O2S. The molecule has 3 rings (SSSR count). The highest BCUT2D eigenvalue weighted by atomic mass is 35.5. The summed E-state index contributed by atoms with van der Waals surface area (Å²) in [6.07, 6.45) is 3.34. The van der Waals surface area contributed by atoms with Crippen LogP contribution in [0, 0.1) is 0 Å². The van der Waals surface area contributed by atoms with Crippen molar-refractivity contribution in [2.24, 2.45) is 0 Å². The second kappa shape index (κ2) is 8.71. The molecule has 7 heteroatoms. The molecule has 1 amide bonds. The largest absolute Gasteiger partial charge is 0.494 e. The van der Waals surface area contributed by atoms with Crippen LogP contribution in [0.4, 0.5) is 5.13 Å². The number of aromatic nitrogens is 1. The Morgan fingerprint density at radius 2 is 1.96 bits per heavy atom. The molecule has 0 aliphatic carbocycles. The first-order valence-electron chi connectivity index (χ1n) is 8.36. The van der Waals surface area contributed by atoms with Gasteiger partial charge in [-0.15, -0.1) is 0 Å². The van der Waals surface area contributed by atoms with Gasteiger partial charge in [0.25, 0.3) is 5.91 Å². The summed E-state index contributed by atoms with van der Waals surface area (Å²) in [6.45, 7) is 2.84. The van der Waals surface area contributed by atoms with Gasteiger partial charge in [-0.3, -0.25) is 10.1 Å². The Balaban J connectivity index is 1.65. The standard InChI is InChI=1S/C19H18Cl2N2O2S/c1-2-3-4-9-25-14-7-5-12(6-8-14)18(24)23-19-22-17-15(21)10-13(20)11-16(17)26-19/h5-8,10-11H,2-4,9H2,1H3,(H,22,23,24). The van der Waals surface area contributed by atoms with Crippen LogP contribution in [0.15, 0.2) is 36.4 Å². The summed E-state index contributed by atoms with van der Waals surface area (Å²) in [5, 5.41) is 4.29. The second-order valence-electron chi connectivity index (χ2n) is 5.79. The Kier molecular flexibility index (Phi) is 6.35. The highest BCUT2D eigenvalue weighted by Crippen LogP contribution is 2.33. The van der Waals surface area contributed by atoms with Crippen molar-refractivity contribution in [3.05, 3.63) is 52.0 Å². The van der Waals surface area contributed by atoms with Crippen LogP contribution in [0.25, 0.3) is 10.2 Å². The van der Waals surface area contributed by atoms with E-state index in [-0.39, 0.29) is 5.91 Å². The highest BCUT2D eigenvalue weighted by molar-refractivity contribution is 7.22. The van der Waals surface area contributed by atoms with Gasteiger partial charge in [0.05, 0.1) is 16.3 Å². The van der Waals surface area contributed by atoms with Crippen LogP contribution in [0.2, 0.25) is 10.0 Å². The van der Waals surface area contributed by atoms with Crippen molar-refractivity contribution in [1.29, 1.82) is 0 Å². The number of halogens is 2. The fourth-order valence-electron chi connectivity index (χ4n) is 2.42. The van der Waals surface area contributed by atoms with Gasteiger partial charge in [0.15, 0.2) is 5.13 Å². The number of rotatable bonds is 7. The van der Waals surface area contributed by atoms with Gasteiger partial charge >= 0.3 is 0 Å². The Hall–Kier alpha value is -1.82. The number of hydrogen-bond donors (Lipinski definition) is 1. The molecule has 26 heavy (non-hydrogen) atoms. The number of carbonyl (C=O) groups is 1. The van der Waals surface area contributed by atoms with Crippen molar-refractivity contribution in [2.75, 3.05) is 11.9 Å². The number of fused-ring (bicyclic) bond motifs is 1. The van der Waals surface area contributed by atoms with Gasteiger partial charge in [0, 0.05) is 10.6 Å². The summed E-state index contributed by atoms with van der Waals surface area (Å²) >= 11 is 13.5. The van der Waals surface area contributed by atoms with E-state index < -0.39 is 0 Å². The van der Waals surface area contributed by atoms with Gasteiger partial charge in [-0.25, -0.2) is 4.98 Å². The summed E-state index contributed by atoms with van der Waals surface area (Å²) in [5.41, 5.74) is 1.17. The Morgan fingerprint density at radius 1 is 1.19 bits per heavy atom. The van der Waals surface area contributed by atoms with E-state index in [1.165, 1.54) is 11.3 Å². The molecule has 1 heterocycles. The van der Waals surface area contributed by atoms with E-state index in [4.69, 9.17) is 27.9 Å². The van der Waals surface area contributed by atoms with Crippen LogP contribution in [-0.2, 0) is 0 Å². The molecule has 0 spiro atoms. The molecule has 0 unspecified atom stereocenters. The van der Waals surface area contributed by atoms with Crippen LogP contribution >= 0.6 is 34.5 Å². The maximum atomic E-state index is 12.4. The number of benzene rings is 2. The minimum atomic E-state index is -0.233. The van der Waals surface area contributed by atoms with Crippen molar-refractivity contribution in [3.63, 3.8) is 0 Å². The minimum Gasteiger partial charge on any atom is -0.494 e. The zero-order valence-electron chi connectivity index (χ0n) is 14.2. The first-order valence-corrected chi connectivity index (χ1v) is 9.94. The molecule has 1 aromatic heterocycles. The Morgan fingerprint density at radius 3 is 2.69 bits per heavy atom. The van der Waals surface area contributed by atoms with Crippen LogP contribution in [0.1, 0.15) is 36.5 Å². The van der Waals surface area contributed by atoms with E-state index in [1.807, 2.05) is 0 Å². The van der Waals surface area contributed by atoms with Crippen molar-refractivity contribution in [2.45, 2.75) is 26.2 Å². The molecule has 0 bridgehead atoms. The van der Waals surface area contributed by atoms with Crippen LogP contribution in [0.3, 0.4) is 0 Å². The maximum Gasteiger partial charge on any atom is 0.257 e. The predicted molar refractivity (Wildman–Crippen MR) is 109 cm³/mol. The lowest BCUT2D eigenvalue weighted by atomic mass is 10.2. The molecule has 2 aromatic carbocycles.